The van der Waals surface area contributed by atoms with Crippen LogP contribution in [0, 0.1) is 26.7 Å². The standard InChI is InChI=1S/C20H28N4O/c1-14(2)10-11-22-12-23(18-8-6-15(3)7-9-18)20-21-17(5)16(4)19(25)24(20)13-22/h6-9,14H,10-13H2,1-5H3. The number of hydrogen-bond donors (Lipinski definition) is 0. The molecule has 0 unspecified atom stereocenters. The minimum atomic E-state index is 0.0638. The second kappa shape index (κ2) is 7.00. The first kappa shape index (κ1) is 17.7. The zero-order chi connectivity index (χ0) is 18.1. The van der Waals surface area contributed by atoms with Crippen LogP contribution in [0.2, 0.25) is 0 Å². The SMILES string of the molecule is Cc1ccc(N2CN(CCC(C)C)Cn3c2nc(C)c(C)c3=O)cc1. The van der Waals surface area contributed by atoms with Gasteiger partial charge in [-0.3, -0.25) is 19.2 Å². The minimum absolute atomic E-state index is 0.0638. The quantitative estimate of drug-likeness (QED) is 0.853. The van der Waals surface area contributed by atoms with Gasteiger partial charge in [0.25, 0.3) is 5.56 Å². The van der Waals surface area contributed by atoms with Crippen molar-refractivity contribution < 1.29 is 0 Å². The predicted octanol–water partition coefficient (Wildman–Crippen LogP) is 3.58. The molecule has 1 aliphatic heterocycles. The van der Waals surface area contributed by atoms with E-state index in [4.69, 9.17) is 4.98 Å². The Balaban J connectivity index is 2.04. The molecule has 0 N–H and O–H groups in total. The van der Waals surface area contributed by atoms with Gasteiger partial charge in [-0.15, -0.1) is 0 Å². The maximum Gasteiger partial charge on any atom is 0.259 e. The highest BCUT2D eigenvalue weighted by Crippen LogP contribution is 2.28. The van der Waals surface area contributed by atoms with Gasteiger partial charge in [-0.1, -0.05) is 31.5 Å². The smallest absolute Gasteiger partial charge is 0.259 e. The Morgan fingerprint density at radius 2 is 1.76 bits per heavy atom. The van der Waals surface area contributed by atoms with Crippen molar-refractivity contribution >= 4 is 11.6 Å². The monoisotopic (exact) mass is 340 g/mol. The van der Waals surface area contributed by atoms with Crippen LogP contribution in [0.5, 0.6) is 0 Å². The lowest BCUT2D eigenvalue weighted by Crippen LogP contribution is -2.48. The van der Waals surface area contributed by atoms with Gasteiger partial charge in [0.15, 0.2) is 0 Å². The highest BCUT2D eigenvalue weighted by molar-refractivity contribution is 5.58. The first-order valence-electron chi connectivity index (χ1n) is 9.01. The van der Waals surface area contributed by atoms with Crippen molar-refractivity contribution in [1.29, 1.82) is 0 Å². The van der Waals surface area contributed by atoms with Crippen molar-refractivity contribution in [3.8, 4) is 0 Å². The van der Waals surface area contributed by atoms with Crippen molar-refractivity contribution in [3.63, 3.8) is 0 Å². The van der Waals surface area contributed by atoms with Gasteiger partial charge in [0.1, 0.15) is 0 Å². The topological polar surface area (TPSA) is 41.4 Å². The lowest BCUT2D eigenvalue weighted by Gasteiger charge is -2.38. The van der Waals surface area contributed by atoms with Gasteiger partial charge >= 0.3 is 0 Å². The molecule has 5 heteroatoms. The van der Waals surface area contributed by atoms with Crippen molar-refractivity contribution in [1.82, 2.24) is 14.5 Å². The zero-order valence-corrected chi connectivity index (χ0v) is 15.9. The molecule has 0 saturated heterocycles. The summed E-state index contributed by atoms with van der Waals surface area (Å²) >= 11 is 0. The summed E-state index contributed by atoms with van der Waals surface area (Å²) in [5.74, 6) is 1.39. The maximum atomic E-state index is 12.8. The molecule has 2 heterocycles. The van der Waals surface area contributed by atoms with Crippen LogP contribution in [-0.2, 0) is 6.67 Å². The number of aryl methyl sites for hydroxylation is 2. The lowest BCUT2D eigenvalue weighted by molar-refractivity contribution is 0.188. The van der Waals surface area contributed by atoms with E-state index in [1.54, 1.807) is 0 Å². The second-order valence-corrected chi connectivity index (χ2v) is 7.48. The average molecular weight is 340 g/mol. The van der Waals surface area contributed by atoms with E-state index in [0.717, 1.165) is 42.5 Å². The van der Waals surface area contributed by atoms with Crippen LogP contribution in [-0.4, -0.2) is 27.7 Å². The predicted molar refractivity (Wildman–Crippen MR) is 102 cm³/mol. The number of fused-ring (bicyclic) bond motifs is 1. The molecule has 0 amide bonds. The molecule has 0 fully saturated rings. The van der Waals surface area contributed by atoms with Crippen LogP contribution < -0.4 is 10.5 Å². The Bertz CT molecular complexity index is 808. The molecule has 0 atom stereocenters. The Morgan fingerprint density at radius 1 is 1.08 bits per heavy atom. The number of nitrogens with zero attached hydrogens (tertiary/aromatic N) is 4. The normalized spacial score (nSPS) is 14.9. The molecule has 0 bridgehead atoms. The van der Waals surface area contributed by atoms with Crippen molar-refractivity contribution in [2.24, 2.45) is 5.92 Å². The van der Waals surface area contributed by atoms with Crippen molar-refractivity contribution in [3.05, 3.63) is 51.4 Å². The van der Waals surface area contributed by atoms with E-state index < -0.39 is 0 Å². The van der Waals surface area contributed by atoms with Crippen LogP contribution in [0.25, 0.3) is 0 Å². The van der Waals surface area contributed by atoms with E-state index in [2.05, 4.69) is 54.8 Å². The van der Waals surface area contributed by atoms with E-state index in [-0.39, 0.29) is 5.56 Å². The zero-order valence-electron chi connectivity index (χ0n) is 15.9. The van der Waals surface area contributed by atoms with Gasteiger partial charge in [-0.05, 0) is 45.2 Å². The van der Waals surface area contributed by atoms with Gasteiger partial charge < -0.3 is 0 Å². The van der Waals surface area contributed by atoms with Crippen LogP contribution >= 0.6 is 0 Å². The van der Waals surface area contributed by atoms with Gasteiger partial charge in [-0.2, -0.15) is 0 Å². The molecular weight excluding hydrogens is 312 g/mol. The van der Waals surface area contributed by atoms with Crippen molar-refractivity contribution in [2.75, 3.05) is 18.1 Å². The summed E-state index contributed by atoms with van der Waals surface area (Å²) in [6, 6.07) is 8.41. The molecule has 1 aromatic heterocycles. The van der Waals surface area contributed by atoms with E-state index in [1.165, 1.54) is 5.56 Å². The average Bonchev–Trinajstić information content (AvgIpc) is 2.58. The van der Waals surface area contributed by atoms with Gasteiger partial charge in [0.05, 0.1) is 13.3 Å². The summed E-state index contributed by atoms with van der Waals surface area (Å²) in [4.78, 5) is 22.0. The Morgan fingerprint density at radius 3 is 2.40 bits per heavy atom. The molecule has 134 valence electrons. The maximum absolute atomic E-state index is 12.8. The highest BCUT2D eigenvalue weighted by atomic mass is 16.1. The summed E-state index contributed by atoms with van der Waals surface area (Å²) in [5.41, 5.74) is 3.91. The molecule has 1 aromatic carbocycles. The van der Waals surface area contributed by atoms with E-state index >= 15 is 0 Å². The third-order valence-corrected chi connectivity index (χ3v) is 4.91. The first-order valence-corrected chi connectivity index (χ1v) is 9.01. The fraction of sp³-hybridized carbons (Fsp3) is 0.500. The summed E-state index contributed by atoms with van der Waals surface area (Å²) in [5, 5.41) is 0. The fourth-order valence-electron chi connectivity index (χ4n) is 3.09. The third kappa shape index (κ3) is 3.61. The number of hydrogen-bond acceptors (Lipinski definition) is 4. The third-order valence-electron chi connectivity index (χ3n) is 4.91. The summed E-state index contributed by atoms with van der Waals surface area (Å²) < 4.78 is 1.81. The largest absolute Gasteiger partial charge is 0.298 e. The molecule has 5 nitrogen and oxygen atoms in total. The van der Waals surface area contributed by atoms with Gasteiger partial charge in [-0.25, -0.2) is 4.98 Å². The first-order chi connectivity index (χ1) is 11.9. The number of aromatic nitrogens is 2. The van der Waals surface area contributed by atoms with Gasteiger partial charge in [0.2, 0.25) is 5.95 Å². The number of benzene rings is 1. The van der Waals surface area contributed by atoms with Crippen LogP contribution in [0.15, 0.2) is 29.1 Å². The fourth-order valence-corrected chi connectivity index (χ4v) is 3.09. The van der Waals surface area contributed by atoms with E-state index in [1.807, 2.05) is 18.4 Å². The molecule has 25 heavy (non-hydrogen) atoms. The number of rotatable bonds is 4. The molecule has 0 spiro atoms. The van der Waals surface area contributed by atoms with E-state index in [0.29, 0.717) is 12.6 Å². The van der Waals surface area contributed by atoms with Crippen LogP contribution in [0.4, 0.5) is 11.6 Å². The lowest BCUT2D eigenvalue weighted by atomic mass is 10.1. The Labute approximate surface area is 149 Å². The molecule has 0 aliphatic carbocycles. The molecule has 3 rings (SSSR count). The summed E-state index contributed by atoms with van der Waals surface area (Å²) in [7, 11) is 0. The molecule has 1 aliphatic rings. The van der Waals surface area contributed by atoms with E-state index in [9.17, 15) is 4.79 Å². The Hall–Kier alpha value is -2.14. The number of anilines is 2. The highest BCUT2D eigenvalue weighted by Gasteiger charge is 2.27. The van der Waals surface area contributed by atoms with Crippen LogP contribution in [0.3, 0.4) is 0 Å². The summed E-state index contributed by atoms with van der Waals surface area (Å²) in [6.07, 6.45) is 1.12. The minimum Gasteiger partial charge on any atom is -0.298 e. The summed E-state index contributed by atoms with van der Waals surface area (Å²) in [6.45, 7) is 12.7. The molecular formula is C20H28N4O. The second-order valence-electron chi connectivity index (χ2n) is 7.48. The molecule has 0 radical (unpaired) electrons. The van der Waals surface area contributed by atoms with Crippen LogP contribution in [0.1, 0.15) is 37.1 Å². The van der Waals surface area contributed by atoms with Gasteiger partial charge in [0, 0.05) is 23.5 Å². The Kier molecular flexibility index (Phi) is 4.95. The van der Waals surface area contributed by atoms with Crippen molar-refractivity contribution in [2.45, 2.75) is 47.7 Å². The molecule has 0 saturated carbocycles. The molecule has 2 aromatic rings.